The molecule has 0 heterocycles. The van der Waals surface area contributed by atoms with Crippen LogP contribution in [-0.4, -0.2) is 24.0 Å². The molecule has 23 heavy (non-hydrogen) atoms. The van der Waals surface area contributed by atoms with Crippen LogP contribution in [-0.2, 0) is 0 Å². The monoisotopic (exact) mass is 320 g/mol. The van der Waals surface area contributed by atoms with Gasteiger partial charge in [-0.3, -0.25) is 9.59 Å². The maximum atomic E-state index is 13.7. The maximum absolute atomic E-state index is 13.7. The van der Waals surface area contributed by atoms with Crippen molar-refractivity contribution >= 4 is 17.5 Å². The average molecular weight is 320 g/mol. The van der Waals surface area contributed by atoms with Gasteiger partial charge in [0.05, 0.1) is 0 Å². The predicted octanol–water partition coefficient (Wildman–Crippen LogP) is 2.59. The Morgan fingerprint density at radius 2 is 1.83 bits per heavy atom. The summed E-state index contributed by atoms with van der Waals surface area (Å²) in [5.41, 5.74) is 0.423. The summed E-state index contributed by atoms with van der Waals surface area (Å²) in [5, 5.41) is 14.4. The Bertz CT molecular complexity index is 768. The van der Waals surface area contributed by atoms with Crippen LogP contribution in [0.2, 0.25) is 0 Å². The van der Waals surface area contributed by atoms with Crippen LogP contribution in [0.1, 0.15) is 26.3 Å². The standard InChI is InChI=1S/C16H14F2N2O3/c1-8-10(15(22)19-2)4-3-5-12(8)20-16(23)14-11(18)6-9(17)7-13(14)21/h3-7,21H,1-2H3,(H,19,22)(H,20,23). The number of halogens is 2. The summed E-state index contributed by atoms with van der Waals surface area (Å²) in [7, 11) is 1.47. The van der Waals surface area contributed by atoms with Crippen LogP contribution < -0.4 is 10.6 Å². The minimum atomic E-state index is -1.18. The molecule has 0 radical (unpaired) electrons. The minimum absolute atomic E-state index is 0.277. The number of nitrogens with one attached hydrogen (secondary N) is 2. The Hall–Kier alpha value is -2.96. The first-order valence-electron chi connectivity index (χ1n) is 6.66. The van der Waals surface area contributed by atoms with E-state index < -0.39 is 28.9 Å². The molecule has 0 aliphatic carbocycles. The van der Waals surface area contributed by atoms with Gasteiger partial charge in [-0.2, -0.15) is 0 Å². The fraction of sp³-hybridized carbons (Fsp3) is 0.125. The molecule has 2 aromatic carbocycles. The quantitative estimate of drug-likeness (QED) is 0.813. The number of carbonyl (C=O) groups excluding carboxylic acids is 2. The molecule has 0 aliphatic heterocycles. The van der Waals surface area contributed by atoms with Crippen molar-refractivity contribution in [1.82, 2.24) is 5.32 Å². The lowest BCUT2D eigenvalue weighted by Crippen LogP contribution is -2.20. The molecular formula is C16H14F2N2O3. The number of benzene rings is 2. The van der Waals surface area contributed by atoms with Crippen molar-refractivity contribution in [3.8, 4) is 5.75 Å². The molecule has 2 amide bonds. The van der Waals surface area contributed by atoms with Gasteiger partial charge in [-0.1, -0.05) is 6.07 Å². The lowest BCUT2D eigenvalue weighted by atomic mass is 10.1. The van der Waals surface area contributed by atoms with Gasteiger partial charge in [0.2, 0.25) is 0 Å². The number of anilines is 1. The zero-order chi connectivity index (χ0) is 17.1. The molecule has 0 aliphatic rings. The third-order valence-corrected chi connectivity index (χ3v) is 3.31. The molecule has 0 bridgehead atoms. The summed E-state index contributed by atoms with van der Waals surface area (Å²) in [4.78, 5) is 23.9. The fourth-order valence-corrected chi connectivity index (χ4v) is 2.12. The second-order valence-corrected chi connectivity index (χ2v) is 4.79. The number of carbonyl (C=O) groups is 2. The van der Waals surface area contributed by atoms with E-state index in [0.29, 0.717) is 23.3 Å². The second kappa shape index (κ2) is 6.43. The number of aromatic hydroxyl groups is 1. The SMILES string of the molecule is CNC(=O)c1cccc(NC(=O)c2c(O)cc(F)cc2F)c1C. The summed E-state index contributed by atoms with van der Waals surface area (Å²) in [6.07, 6.45) is 0. The van der Waals surface area contributed by atoms with Crippen LogP contribution in [0.4, 0.5) is 14.5 Å². The summed E-state index contributed by atoms with van der Waals surface area (Å²) >= 11 is 0. The van der Waals surface area contributed by atoms with Gasteiger partial charge < -0.3 is 15.7 Å². The van der Waals surface area contributed by atoms with Gasteiger partial charge in [-0.25, -0.2) is 8.78 Å². The first kappa shape index (κ1) is 16.4. The van der Waals surface area contributed by atoms with E-state index in [4.69, 9.17) is 0 Å². The van der Waals surface area contributed by atoms with Crippen LogP contribution in [0, 0.1) is 18.6 Å². The number of phenolic OH excluding ortho intramolecular Hbond substituents is 1. The van der Waals surface area contributed by atoms with Crippen molar-refractivity contribution in [1.29, 1.82) is 0 Å². The van der Waals surface area contributed by atoms with Crippen molar-refractivity contribution in [2.45, 2.75) is 6.92 Å². The third-order valence-electron chi connectivity index (χ3n) is 3.31. The molecule has 120 valence electrons. The van der Waals surface area contributed by atoms with Crippen LogP contribution in [0.25, 0.3) is 0 Å². The van der Waals surface area contributed by atoms with Gasteiger partial charge >= 0.3 is 0 Å². The molecule has 0 saturated heterocycles. The van der Waals surface area contributed by atoms with Gasteiger partial charge in [0.1, 0.15) is 22.9 Å². The lowest BCUT2D eigenvalue weighted by Gasteiger charge is -2.12. The van der Waals surface area contributed by atoms with Gasteiger partial charge in [0.15, 0.2) is 0 Å². The number of phenols is 1. The number of rotatable bonds is 3. The zero-order valence-corrected chi connectivity index (χ0v) is 12.4. The molecule has 0 saturated carbocycles. The topological polar surface area (TPSA) is 78.4 Å². The lowest BCUT2D eigenvalue weighted by molar-refractivity contribution is 0.0960. The van der Waals surface area contributed by atoms with Crippen molar-refractivity contribution < 1.29 is 23.5 Å². The van der Waals surface area contributed by atoms with E-state index in [-0.39, 0.29) is 11.6 Å². The van der Waals surface area contributed by atoms with E-state index >= 15 is 0 Å². The largest absolute Gasteiger partial charge is 0.507 e. The highest BCUT2D eigenvalue weighted by Gasteiger charge is 2.20. The first-order chi connectivity index (χ1) is 10.8. The van der Waals surface area contributed by atoms with Crippen molar-refractivity contribution in [3.63, 3.8) is 0 Å². The Balaban J connectivity index is 2.37. The Morgan fingerprint density at radius 1 is 1.13 bits per heavy atom. The summed E-state index contributed by atoms with van der Waals surface area (Å²) < 4.78 is 26.7. The third kappa shape index (κ3) is 3.28. The minimum Gasteiger partial charge on any atom is -0.507 e. The second-order valence-electron chi connectivity index (χ2n) is 4.79. The predicted molar refractivity (Wildman–Crippen MR) is 80.5 cm³/mol. The van der Waals surface area contributed by atoms with Gasteiger partial charge in [-0.05, 0) is 24.6 Å². The van der Waals surface area contributed by atoms with Crippen molar-refractivity contribution in [2.24, 2.45) is 0 Å². The van der Waals surface area contributed by atoms with E-state index in [0.717, 1.165) is 0 Å². The zero-order valence-electron chi connectivity index (χ0n) is 12.4. The molecule has 0 aromatic heterocycles. The van der Waals surface area contributed by atoms with Crippen LogP contribution >= 0.6 is 0 Å². The molecule has 0 unspecified atom stereocenters. The highest BCUT2D eigenvalue weighted by atomic mass is 19.1. The van der Waals surface area contributed by atoms with E-state index in [1.165, 1.54) is 13.1 Å². The van der Waals surface area contributed by atoms with E-state index in [2.05, 4.69) is 10.6 Å². The van der Waals surface area contributed by atoms with Crippen molar-refractivity contribution in [3.05, 3.63) is 58.7 Å². The van der Waals surface area contributed by atoms with E-state index in [9.17, 15) is 23.5 Å². The smallest absolute Gasteiger partial charge is 0.262 e. The molecule has 0 fully saturated rings. The number of amides is 2. The number of hydrogen-bond acceptors (Lipinski definition) is 3. The van der Waals surface area contributed by atoms with Gasteiger partial charge in [0.25, 0.3) is 11.8 Å². The Morgan fingerprint density at radius 3 is 2.43 bits per heavy atom. The Kier molecular flexibility index (Phi) is 4.59. The molecule has 0 atom stereocenters. The Labute approximate surface area is 130 Å². The number of hydrogen-bond donors (Lipinski definition) is 3. The first-order valence-corrected chi connectivity index (χ1v) is 6.66. The highest BCUT2D eigenvalue weighted by Crippen LogP contribution is 2.25. The van der Waals surface area contributed by atoms with Gasteiger partial charge in [-0.15, -0.1) is 0 Å². The highest BCUT2D eigenvalue weighted by molar-refractivity contribution is 6.07. The fourth-order valence-electron chi connectivity index (χ4n) is 2.12. The molecule has 2 aromatic rings. The average Bonchev–Trinajstić information content (AvgIpc) is 2.47. The normalized spacial score (nSPS) is 10.3. The maximum Gasteiger partial charge on any atom is 0.262 e. The molecule has 2 rings (SSSR count). The molecule has 7 heteroatoms. The molecule has 3 N–H and O–H groups in total. The molecule has 5 nitrogen and oxygen atoms in total. The summed E-state index contributed by atoms with van der Waals surface area (Å²) in [5.74, 6) is -4.26. The van der Waals surface area contributed by atoms with Gasteiger partial charge in [0, 0.05) is 30.4 Å². The van der Waals surface area contributed by atoms with Crippen LogP contribution in [0.15, 0.2) is 30.3 Å². The summed E-state index contributed by atoms with van der Waals surface area (Å²) in [6.45, 7) is 1.61. The van der Waals surface area contributed by atoms with Crippen LogP contribution in [0.5, 0.6) is 5.75 Å². The molecule has 0 spiro atoms. The van der Waals surface area contributed by atoms with E-state index in [1.54, 1.807) is 19.1 Å². The van der Waals surface area contributed by atoms with E-state index in [1.807, 2.05) is 0 Å². The molecular weight excluding hydrogens is 306 g/mol. The van der Waals surface area contributed by atoms with Crippen LogP contribution in [0.3, 0.4) is 0 Å². The van der Waals surface area contributed by atoms with Crippen molar-refractivity contribution in [2.75, 3.05) is 12.4 Å². The summed E-state index contributed by atoms with van der Waals surface area (Å²) in [6, 6.07) is 5.79.